The van der Waals surface area contributed by atoms with Crippen LogP contribution in [0.2, 0.25) is 5.02 Å². The average Bonchev–Trinajstić information content (AvgIpc) is 3.27. The minimum Gasteiger partial charge on any atom is -0.464 e. The molecule has 3 aromatic heterocycles. The second-order valence-corrected chi connectivity index (χ2v) is 7.95. The fourth-order valence-corrected chi connectivity index (χ4v) is 3.48. The molecule has 11 heteroatoms. The summed E-state index contributed by atoms with van der Waals surface area (Å²) in [7, 11) is 1.80. The molecule has 3 heterocycles. The van der Waals surface area contributed by atoms with Crippen LogP contribution < -0.4 is 5.43 Å². The maximum absolute atomic E-state index is 12.8. The van der Waals surface area contributed by atoms with Gasteiger partial charge in [0.05, 0.1) is 17.3 Å². The van der Waals surface area contributed by atoms with Gasteiger partial charge in [-0.3, -0.25) is 14.9 Å². The lowest BCUT2D eigenvalue weighted by Gasteiger charge is -2.21. The third-order valence-corrected chi connectivity index (χ3v) is 4.93. The van der Waals surface area contributed by atoms with E-state index in [9.17, 15) is 14.7 Å². The number of hydrazine groups is 1. The number of aromatic nitrogens is 5. The number of benzene rings is 1. The second kappa shape index (κ2) is 7.88. The molecule has 0 radical (unpaired) electrons. The maximum atomic E-state index is 12.8. The van der Waals surface area contributed by atoms with E-state index < -0.39 is 12.0 Å². The Kier molecular flexibility index (Phi) is 5.24. The molecule has 0 aliphatic carbocycles. The molecular weight excluding hydrogens is 422 g/mol. The molecule has 0 fully saturated rings. The van der Waals surface area contributed by atoms with Crippen molar-refractivity contribution in [2.24, 2.45) is 13.0 Å². The van der Waals surface area contributed by atoms with Gasteiger partial charge in [-0.25, -0.2) is 19.8 Å². The first kappa shape index (κ1) is 20.6. The molecule has 160 valence electrons. The van der Waals surface area contributed by atoms with E-state index in [0.29, 0.717) is 27.6 Å². The molecule has 0 saturated heterocycles. The predicted molar refractivity (Wildman–Crippen MR) is 116 cm³/mol. The molecule has 0 bridgehead atoms. The van der Waals surface area contributed by atoms with E-state index in [4.69, 9.17) is 11.6 Å². The lowest BCUT2D eigenvalue weighted by molar-refractivity contribution is 0.0733. The van der Waals surface area contributed by atoms with Gasteiger partial charge in [0.15, 0.2) is 5.65 Å². The van der Waals surface area contributed by atoms with Crippen LogP contribution in [0, 0.1) is 5.92 Å². The summed E-state index contributed by atoms with van der Waals surface area (Å²) in [4.78, 5) is 36.1. The molecule has 3 N–H and O–H groups in total. The highest BCUT2D eigenvalue weighted by molar-refractivity contribution is 6.31. The van der Waals surface area contributed by atoms with E-state index in [1.807, 2.05) is 26.0 Å². The summed E-state index contributed by atoms with van der Waals surface area (Å²) in [6, 6.07) is 5.43. The van der Waals surface area contributed by atoms with E-state index in [0.717, 1.165) is 15.9 Å². The van der Waals surface area contributed by atoms with Gasteiger partial charge in [0.25, 0.3) is 5.91 Å². The zero-order chi connectivity index (χ0) is 22.3. The number of hydrogen-bond acceptors (Lipinski definition) is 5. The summed E-state index contributed by atoms with van der Waals surface area (Å²) in [6.07, 6.45) is 1.78. The van der Waals surface area contributed by atoms with Gasteiger partial charge in [-0.1, -0.05) is 25.4 Å². The van der Waals surface area contributed by atoms with Crippen LogP contribution in [0.25, 0.3) is 33.5 Å². The lowest BCUT2D eigenvalue weighted by Crippen LogP contribution is -2.47. The number of rotatable bonds is 4. The van der Waals surface area contributed by atoms with Gasteiger partial charge >= 0.3 is 6.09 Å². The number of hydrogen-bond donors (Lipinski definition) is 3. The van der Waals surface area contributed by atoms with Crippen LogP contribution in [0.3, 0.4) is 0 Å². The molecule has 4 rings (SSSR count). The largest absolute Gasteiger partial charge is 0.464 e. The van der Waals surface area contributed by atoms with E-state index in [-0.39, 0.29) is 18.0 Å². The highest BCUT2D eigenvalue weighted by Crippen LogP contribution is 2.29. The van der Waals surface area contributed by atoms with Gasteiger partial charge in [0.2, 0.25) is 0 Å². The summed E-state index contributed by atoms with van der Waals surface area (Å²) in [5.74, 6) is -0.560. The van der Waals surface area contributed by atoms with Crippen LogP contribution in [-0.4, -0.2) is 53.4 Å². The van der Waals surface area contributed by atoms with Crippen LogP contribution >= 0.6 is 11.6 Å². The Hall–Kier alpha value is -3.66. The topological polar surface area (TPSA) is 129 Å². The Morgan fingerprint density at radius 2 is 2.13 bits per heavy atom. The minimum atomic E-state index is -1.24. The molecule has 0 aliphatic rings. The molecule has 0 aliphatic heterocycles. The molecule has 0 atom stereocenters. The number of nitrogens with one attached hydrogen (secondary N) is 2. The van der Waals surface area contributed by atoms with Crippen molar-refractivity contribution in [3.63, 3.8) is 0 Å². The van der Waals surface area contributed by atoms with Crippen molar-refractivity contribution in [1.29, 1.82) is 0 Å². The molecule has 0 unspecified atom stereocenters. The first-order valence-electron chi connectivity index (χ1n) is 9.52. The SMILES string of the molecule is CC(C)CN(NC(=O)c1c[nH]c2ncc(-c3nn(C)c4cc(Cl)ccc34)nc12)C(=O)O. The van der Waals surface area contributed by atoms with Crippen molar-refractivity contribution in [3.05, 3.63) is 41.2 Å². The number of halogens is 1. The smallest absolute Gasteiger partial charge is 0.426 e. The van der Waals surface area contributed by atoms with E-state index in [2.05, 4.69) is 25.5 Å². The zero-order valence-electron chi connectivity index (χ0n) is 17.0. The van der Waals surface area contributed by atoms with Crippen molar-refractivity contribution in [2.75, 3.05) is 6.54 Å². The Balaban J connectivity index is 1.73. The fraction of sp³-hybridized carbons (Fsp3) is 0.250. The second-order valence-electron chi connectivity index (χ2n) is 7.52. The van der Waals surface area contributed by atoms with E-state index >= 15 is 0 Å². The van der Waals surface area contributed by atoms with Crippen LogP contribution in [0.5, 0.6) is 0 Å². The Labute approximate surface area is 181 Å². The number of amides is 2. The first-order valence-corrected chi connectivity index (χ1v) is 9.90. The zero-order valence-corrected chi connectivity index (χ0v) is 17.8. The fourth-order valence-electron chi connectivity index (χ4n) is 3.32. The maximum Gasteiger partial charge on any atom is 0.426 e. The molecule has 31 heavy (non-hydrogen) atoms. The van der Waals surface area contributed by atoms with Crippen molar-refractivity contribution in [3.8, 4) is 11.4 Å². The lowest BCUT2D eigenvalue weighted by atomic mass is 10.1. The van der Waals surface area contributed by atoms with Crippen LogP contribution in [0.1, 0.15) is 24.2 Å². The van der Waals surface area contributed by atoms with E-state index in [1.54, 1.807) is 24.0 Å². The number of aromatic amines is 1. The van der Waals surface area contributed by atoms with Gasteiger partial charge in [-0.05, 0) is 24.1 Å². The summed E-state index contributed by atoms with van der Waals surface area (Å²) >= 11 is 6.10. The predicted octanol–water partition coefficient (Wildman–Crippen LogP) is 3.45. The third kappa shape index (κ3) is 3.89. The first-order chi connectivity index (χ1) is 14.7. The standard InChI is InChI=1S/C20H20ClN7O3/c1-10(2)9-28(20(30)31)26-19(29)13-7-22-18-17(13)24-14(8-23-18)16-12-5-4-11(21)6-15(12)27(3)25-16/h4-8,10H,9H2,1-3H3,(H,22,23)(H,26,29)(H,30,31). The Bertz CT molecular complexity index is 1310. The van der Waals surface area contributed by atoms with Crippen molar-refractivity contribution < 1.29 is 14.7 Å². The van der Waals surface area contributed by atoms with Gasteiger partial charge in [0, 0.05) is 30.2 Å². The number of carboxylic acid groups (broad SMARTS) is 1. The molecule has 4 aromatic rings. The third-order valence-electron chi connectivity index (χ3n) is 4.70. The molecule has 10 nitrogen and oxygen atoms in total. The monoisotopic (exact) mass is 441 g/mol. The number of carbonyl (C=O) groups is 2. The number of aryl methyl sites for hydroxylation is 1. The van der Waals surface area contributed by atoms with Gasteiger partial charge < -0.3 is 10.1 Å². The van der Waals surface area contributed by atoms with Gasteiger partial charge in [-0.15, -0.1) is 0 Å². The Morgan fingerprint density at radius 3 is 2.84 bits per heavy atom. The number of carbonyl (C=O) groups excluding carboxylic acids is 1. The van der Waals surface area contributed by atoms with Crippen LogP contribution in [-0.2, 0) is 7.05 Å². The molecule has 0 spiro atoms. The normalized spacial score (nSPS) is 11.4. The van der Waals surface area contributed by atoms with Crippen molar-refractivity contribution in [2.45, 2.75) is 13.8 Å². The number of H-pyrrole nitrogens is 1. The Morgan fingerprint density at radius 1 is 1.35 bits per heavy atom. The van der Waals surface area contributed by atoms with Crippen LogP contribution in [0.15, 0.2) is 30.6 Å². The highest BCUT2D eigenvalue weighted by Gasteiger charge is 2.22. The molecule has 1 aromatic carbocycles. The summed E-state index contributed by atoms with van der Waals surface area (Å²) in [5, 5.41) is 16.2. The average molecular weight is 442 g/mol. The van der Waals surface area contributed by atoms with E-state index in [1.165, 1.54) is 6.20 Å². The summed E-state index contributed by atoms with van der Waals surface area (Å²) in [5.41, 5.74) is 5.23. The van der Waals surface area contributed by atoms with Crippen molar-refractivity contribution in [1.82, 2.24) is 35.2 Å². The number of fused-ring (bicyclic) bond motifs is 2. The van der Waals surface area contributed by atoms with Crippen molar-refractivity contribution >= 4 is 45.7 Å². The summed E-state index contributed by atoms with van der Waals surface area (Å²) in [6.45, 7) is 3.87. The van der Waals surface area contributed by atoms with Gasteiger partial charge in [-0.2, -0.15) is 5.10 Å². The molecule has 2 amide bonds. The molecular formula is C20H20ClN7O3. The minimum absolute atomic E-state index is 0.0386. The quantitative estimate of drug-likeness (QED) is 0.416. The van der Waals surface area contributed by atoms with Gasteiger partial charge in [0.1, 0.15) is 16.9 Å². The highest BCUT2D eigenvalue weighted by atomic mass is 35.5. The molecule has 0 saturated carbocycles. The summed E-state index contributed by atoms with van der Waals surface area (Å²) < 4.78 is 1.70. The van der Waals surface area contributed by atoms with Crippen LogP contribution in [0.4, 0.5) is 4.79 Å². The number of nitrogens with zero attached hydrogens (tertiary/aromatic N) is 5.